The molecule has 0 spiro atoms. The van der Waals surface area contributed by atoms with Crippen molar-refractivity contribution < 1.29 is 9.90 Å². The maximum absolute atomic E-state index is 12.4. The number of amides is 1. The Labute approximate surface area is 135 Å². The lowest BCUT2D eigenvalue weighted by atomic mass is 10.0. The lowest BCUT2D eigenvalue weighted by Crippen LogP contribution is -2.51. The first kappa shape index (κ1) is 15.4. The third-order valence-corrected chi connectivity index (χ3v) is 4.00. The average Bonchev–Trinajstić information content (AvgIpc) is 2.57. The van der Waals surface area contributed by atoms with Crippen LogP contribution in [0, 0.1) is 6.92 Å². The van der Waals surface area contributed by atoms with Crippen LogP contribution < -0.4 is 5.32 Å². The van der Waals surface area contributed by atoms with E-state index in [1.165, 1.54) is 0 Å². The van der Waals surface area contributed by atoms with E-state index in [1.807, 2.05) is 25.1 Å². The maximum atomic E-state index is 12.4. The summed E-state index contributed by atoms with van der Waals surface area (Å²) in [7, 11) is 0. The Hall–Kier alpha value is -2.47. The second kappa shape index (κ2) is 6.75. The smallest absolute Gasteiger partial charge is 0.253 e. The first-order valence-corrected chi connectivity index (χ1v) is 7.72. The Kier molecular flexibility index (Phi) is 4.52. The van der Waals surface area contributed by atoms with Crippen molar-refractivity contribution in [3.05, 3.63) is 54.0 Å². The molecule has 0 unspecified atom stereocenters. The maximum Gasteiger partial charge on any atom is 0.253 e. The van der Waals surface area contributed by atoms with E-state index in [1.54, 1.807) is 29.3 Å². The van der Waals surface area contributed by atoms with E-state index in [2.05, 4.69) is 15.3 Å². The van der Waals surface area contributed by atoms with Crippen LogP contribution in [0.4, 0.5) is 5.82 Å². The summed E-state index contributed by atoms with van der Waals surface area (Å²) < 4.78 is 0. The van der Waals surface area contributed by atoms with Crippen LogP contribution in [0.3, 0.4) is 0 Å². The highest BCUT2D eigenvalue weighted by molar-refractivity contribution is 5.94. The van der Waals surface area contributed by atoms with Crippen molar-refractivity contribution >= 4 is 11.7 Å². The van der Waals surface area contributed by atoms with E-state index >= 15 is 0 Å². The van der Waals surface area contributed by atoms with Gasteiger partial charge < -0.3 is 15.3 Å². The summed E-state index contributed by atoms with van der Waals surface area (Å²) in [4.78, 5) is 22.5. The van der Waals surface area contributed by atoms with Gasteiger partial charge in [-0.15, -0.1) is 0 Å². The van der Waals surface area contributed by atoms with E-state index in [0.29, 0.717) is 36.7 Å². The minimum Gasteiger partial charge on any atom is -0.389 e. The Morgan fingerprint density at radius 1 is 1.30 bits per heavy atom. The van der Waals surface area contributed by atoms with Gasteiger partial charge >= 0.3 is 0 Å². The number of aliphatic hydroxyl groups is 1. The number of nitrogens with one attached hydrogen (secondary N) is 1. The Morgan fingerprint density at radius 3 is 2.78 bits per heavy atom. The van der Waals surface area contributed by atoms with Crippen LogP contribution >= 0.6 is 0 Å². The molecule has 1 aromatic carbocycles. The molecule has 1 aliphatic heterocycles. The minimum absolute atomic E-state index is 0.0408. The fourth-order valence-electron chi connectivity index (χ4n) is 2.77. The van der Waals surface area contributed by atoms with Crippen LogP contribution in [-0.4, -0.2) is 51.1 Å². The van der Waals surface area contributed by atoms with Crippen LogP contribution in [0.2, 0.25) is 0 Å². The molecule has 1 aromatic heterocycles. The molecule has 6 heteroatoms. The molecule has 23 heavy (non-hydrogen) atoms. The van der Waals surface area contributed by atoms with Gasteiger partial charge in [-0.05, 0) is 31.5 Å². The van der Waals surface area contributed by atoms with E-state index < -0.39 is 6.10 Å². The van der Waals surface area contributed by atoms with Crippen molar-refractivity contribution in [3.8, 4) is 0 Å². The first-order valence-electron chi connectivity index (χ1n) is 7.72. The molecule has 0 aliphatic carbocycles. The molecule has 2 heterocycles. The number of nitrogens with zero attached hydrogens (tertiary/aromatic N) is 3. The predicted molar refractivity (Wildman–Crippen MR) is 87.1 cm³/mol. The van der Waals surface area contributed by atoms with Gasteiger partial charge in [-0.1, -0.05) is 18.2 Å². The van der Waals surface area contributed by atoms with Crippen LogP contribution in [-0.2, 0) is 0 Å². The highest BCUT2D eigenvalue weighted by Crippen LogP contribution is 2.18. The molecule has 3 rings (SSSR count). The quantitative estimate of drug-likeness (QED) is 0.897. The number of aromatic nitrogens is 2. The zero-order chi connectivity index (χ0) is 16.2. The van der Waals surface area contributed by atoms with Gasteiger partial charge in [0.25, 0.3) is 5.91 Å². The molecular weight excluding hydrogens is 292 g/mol. The van der Waals surface area contributed by atoms with E-state index in [4.69, 9.17) is 0 Å². The zero-order valence-electron chi connectivity index (χ0n) is 13.0. The first-order chi connectivity index (χ1) is 11.1. The summed E-state index contributed by atoms with van der Waals surface area (Å²) in [6, 6.07) is 10.8. The summed E-state index contributed by atoms with van der Waals surface area (Å²) in [5, 5.41) is 13.6. The van der Waals surface area contributed by atoms with Gasteiger partial charge in [-0.2, -0.15) is 0 Å². The molecular formula is C17H20N4O2. The summed E-state index contributed by atoms with van der Waals surface area (Å²) >= 11 is 0. The number of benzene rings is 1. The largest absolute Gasteiger partial charge is 0.389 e. The SMILES string of the molecule is Cc1nccc(N[C@@H]2CCN(C(=O)c3ccccc3)C[C@H]2O)n1. The Balaban J connectivity index is 1.62. The van der Waals surface area contributed by atoms with Gasteiger partial charge in [0.2, 0.25) is 0 Å². The average molecular weight is 312 g/mol. The summed E-state index contributed by atoms with van der Waals surface area (Å²) in [6.07, 6.45) is 1.72. The van der Waals surface area contributed by atoms with Crippen molar-refractivity contribution in [1.29, 1.82) is 0 Å². The molecule has 2 atom stereocenters. The number of anilines is 1. The summed E-state index contributed by atoms with van der Waals surface area (Å²) in [5.74, 6) is 1.34. The number of carbonyl (C=O) groups is 1. The lowest BCUT2D eigenvalue weighted by Gasteiger charge is -2.36. The molecule has 1 amide bonds. The molecule has 1 aliphatic rings. The number of rotatable bonds is 3. The Morgan fingerprint density at radius 2 is 2.09 bits per heavy atom. The lowest BCUT2D eigenvalue weighted by molar-refractivity contribution is 0.0426. The molecule has 0 bridgehead atoms. The minimum atomic E-state index is -0.633. The number of aliphatic hydroxyl groups excluding tert-OH is 1. The molecule has 120 valence electrons. The molecule has 0 saturated carbocycles. The number of aryl methyl sites for hydroxylation is 1. The van der Waals surface area contributed by atoms with Crippen LogP contribution in [0.15, 0.2) is 42.6 Å². The van der Waals surface area contributed by atoms with Gasteiger partial charge in [0, 0.05) is 24.8 Å². The van der Waals surface area contributed by atoms with Gasteiger partial charge in [-0.25, -0.2) is 9.97 Å². The highest BCUT2D eigenvalue weighted by Gasteiger charge is 2.30. The van der Waals surface area contributed by atoms with E-state index in [9.17, 15) is 9.90 Å². The molecule has 2 N–H and O–H groups in total. The highest BCUT2D eigenvalue weighted by atomic mass is 16.3. The van der Waals surface area contributed by atoms with Gasteiger partial charge in [0.15, 0.2) is 0 Å². The van der Waals surface area contributed by atoms with Crippen molar-refractivity contribution in [2.45, 2.75) is 25.5 Å². The van der Waals surface area contributed by atoms with Crippen LogP contribution in [0.1, 0.15) is 22.6 Å². The van der Waals surface area contributed by atoms with Crippen LogP contribution in [0.5, 0.6) is 0 Å². The zero-order valence-corrected chi connectivity index (χ0v) is 13.0. The molecule has 1 fully saturated rings. The number of carbonyl (C=O) groups excluding carboxylic acids is 1. The number of likely N-dealkylation sites (tertiary alicyclic amines) is 1. The number of piperidine rings is 1. The number of hydrogen-bond donors (Lipinski definition) is 2. The third kappa shape index (κ3) is 3.65. The van der Waals surface area contributed by atoms with E-state index in [-0.39, 0.29) is 11.9 Å². The van der Waals surface area contributed by atoms with Gasteiger partial charge in [0.05, 0.1) is 12.1 Å². The fourth-order valence-corrected chi connectivity index (χ4v) is 2.77. The third-order valence-electron chi connectivity index (χ3n) is 4.00. The second-order valence-corrected chi connectivity index (χ2v) is 5.71. The van der Waals surface area contributed by atoms with Gasteiger partial charge in [0.1, 0.15) is 11.6 Å². The monoisotopic (exact) mass is 312 g/mol. The topological polar surface area (TPSA) is 78.4 Å². The van der Waals surface area contributed by atoms with Crippen LogP contribution in [0.25, 0.3) is 0 Å². The fraction of sp³-hybridized carbons (Fsp3) is 0.353. The molecule has 1 saturated heterocycles. The van der Waals surface area contributed by atoms with Crippen molar-refractivity contribution in [2.24, 2.45) is 0 Å². The predicted octanol–water partition coefficient (Wildman–Crippen LogP) is 1.47. The normalized spacial score (nSPS) is 21.0. The molecule has 2 aromatic rings. The van der Waals surface area contributed by atoms with Crippen molar-refractivity contribution in [1.82, 2.24) is 14.9 Å². The van der Waals surface area contributed by atoms with Crippen molar-refractivity contribution in [2.75, 3.05) is 18.4 Å². The van der Waals surface area contributed by atoms with Crippen molar-refractivity contribution in [3.63, 3.8) is 0 Å². The van der Waals surface area contributed by atoms with Gasteiger partial charge in [-0.3, -0.25) is 4.79 Å². The molecule has 0 radical (unpaired) electrons. The molecule has 6 nitrogen and oxygen atoms in total. The standard InChI is InChI=1S/C17H20N4O2/c1-12-18-9-7-16(19-12)20-14-8-10-21(11-15(14)22)17(23)13-5-3-2-4-6-13/h2-7,9,14-15,22H,8,10-11H2,1H3,(H,18,19,20)/t14-,15-/m1/s1. The van der Waals surface area contributed by atoms with E-state index in [0.717, 1.165) is 0 Å². The second-order valence-electron chi connectivity index (χ2n) is 5.71. The summed E-state index contributed by atoms with van der Waals surface area (Å²) in [6.45, 7) is 2.74. The summed E-state index contributed by atoms with van der Waals surface area (Å²) in [5.41, 5.74) is 0.650. The number of β-amino-alcohol motifs (C(OH)–C–C–N with tert-alkyl or cyclic N) is 1. The number of hydrogen-bond acceptors (Lipinski definition) is 5. The Bertz CT molecular complexity index is 677.